The highest BCUT2D eigenvalue weighted by Crippen LogP contribution is 2.21. The van der Waals surface area contributed by atoms with Crippen molar-refractivity contribution >= 4 is 11.3 Å². The molecule has 0 saturated carbocycles. The highest BCUT2D eigenvalue weighted by molar-refractivity contribution is 7.07. The van der Waals surface area contributed by atoms with Crippen molar-refractivity contribution in [1.82, 2.24) is 15.1 Å². The van der Waals surface area contributed by atoms with E-state index >= 15 is 0 Å². The van der Waals surface area contributed by atoms with Gasteiger partial charge in [0.1, 0.15) is 0 Å². The second-order valence-electron chi connectivity index (χ2n) is 4.67. The molecule has 2 aromatic rings. The van der Waals surface area contributed by atoms with Crippen molar-refractivity contribution < 1.29 is 0 Å². The molecule has 4 heteroatoms. The Balaban J connectivity index is 2.19. The average molecular weight is 277 g/mol. The van der Waals surface area contributed by atoms with E-state index in [1.165, 1.54) is 17.0 Å². The van der Waals surface area contributed by atoms with Gasteiger partial charge in [0.15, 0.2) is 0 Å². The largest absolute Gasteiger partial charge is 0.310 e. The molecule has 1 unspecified atom stereocenters. The molecule has 1 N–H and O–H groups in total. The number of rotatable bonds is 7. The quantitative estimate of drug-likeness (QED) is 0.840. The summed E-state index contributed by atoms with van der Waals surface area (Å²) in [5.41, 5.74) is 3.91. The Bertz CT molecular complexity index is 487. The summed E-state index contributed by atoms with van der Waals surface area (Å²) >= 11 is 1.76. The predicted octanol–water partition coefficient (Wildman–Crippen LogP) is 3.42. The van der Waals surface area contributed by atoms with Crippen molar-refractivity contribution in [1.29, 1.82) is 0 Å². The lowest BCUT2D eigenvalue weighted by atomic mass is 10.0. The summed E-state index contributed by atoms with van der Waals surface area (Å²) in [5.74, 6) is 0. The minimum Gasteiger partial charge on any atom is -0.310 e. The molecule has 0 bridgehead atoms. The first-order valence-corrected chi connectivity index (χ1v) is 8.03. The molecule has 3 nitrogen and oxygen atoms in total. The Morgan fingerprint density at radius 1 is 1.37 bits per heavy atom. The van der Waals surface area contributed by atoms with E-state index in [9.17, 15) is 0 Å². The van der Waals surface area contributed by atoms with Gasteiger partial charge < -0.3 is 5.32 Å². The molecule has 0 amide bonds. The SMILES string of the molecule is CCNC(Cc1cc(CC)nn1CC)c1ccsc1. The van der Waals surface area contributed by atoms with Crippen molar-refractivity contribution in [2.45, 2.75) is 46.2 Å². The van der Waals surface area contributed by atoms with Crippen LogP contribution in [0.1, 0.15) is 43.8 Å². The van der Waals surface area contributed by atoms with E-state index in [0.717, 1.165) is 25.9 Å². The molecular formula is C15H23N3S. The minimum atomic E-state index is 0.392. The van der Waals surface area contributed by atoms with E-state index in [0.29, 0.717) is 6.04 Å². The maximum absolute atomic E-state index is 4.63. The van der Waals surface area contributed by atoms with Crippen LogP contribution >= 0.6 is 11.3 Å². The number of hydrogen-bond acceptors (Lipinski definition) is 3. The molecule has 0 aromatic carbocycles. The van der Waals surface area contributed by atoms with Crippen molar-refractivity contribution in [3.8, 4) is 0 Å². The van der Waals surface area contributed by atoms with Gasteiger partial charge >= 0.3 is 0 Å². The first-order valence-electron chi connectivity index (χ1n) is 7.09. The normalized spacial score (nSPS) is 12.8. The third-order valence-electron chi connectivity index (χ3n) is 3.39. The second-order valence-corrected chi connectivity index (χ2v) is 5.45. The number of thiophene rings is 1. The van der Waals surface area contributed by atoms with Crippen LogP contribution in [0.3, 0.4) is 0 Å². The van der Waals surface area contributed by atoms with Gasteiger partial charge in [0.25, 0.3) is 0 Å². The zero-order valence-corrected chi connectivity index (χ0v) is 12.8. The lowest BCUT2D eigenvalue weighted by Crippen LogP contribution is -2.23. The number of likely N-dealkylation sites (N-methyl/N-ethyl adjacent to an activating group) is 1. The van der Waals surface area contributed by atoms with Gasteiger partial charge in [0.05, 0.1) is 5.69 Å². The van der Waals surface area contributed by atoms with E-state index in [-0.39, 0.29) is 0 Å². The van der Waals surface area contributed by atoms with Crippen LogP contribution in [0.25, 0.3) is 0 Å². The summed E-state index contributed by atoms with van der Waals surface area (Å²) in [7, 11) is 0. The molecule has 19 heavy (non-hydrogen) atoms. The standard InChI is InChI=1S/C15H23N3S/c1-4-13-9-14(18(6-3)17-13)10-15(16-5-2)12-7-8-19-11-12/h7-9,11,15-16H,4-6,10H2,1-3H3. The topological polar surface area (TPSA) is 29.9 Å². The summed E-state index contributed by atoms with van der Waals surface area (Å²) in [5, 5.41) is 12.6. The Labute approximate surface area is 119 Å². The first-order chi connectivity index (χ1) is 9.28. The Kier molecular flexibility index (Phi) is 5.16. The molecular weight excluding hydrogens is 254 g/mol. The molecule has 0 spiro atoms. The fourth-order valence-electron chi connectivity index (χ4n) is 2.36. The van der Waals surface area contributed by atoms with Gasteiger partial charge in [-0.15, -0.1) is 0 Å². The van der Waals surface area contributed by atoms with Gasteiger partial charge in [-0.2, -0.15) is 16.4 Å². The van der Waals surface area contributed by atoms with Crippen molar-refractivity contribution in [3.05, 3.63) is 39.8 Å². The molecule has 0 aliphatic heterocycles. The highest BCUT2D eigenvalue weighted by Gasteiger charge is 2.15. The highest BCUT2D eigenvalue weighted by atomic mass is 32.1. The summed E-state index contributed by atoms with van der Waals surface area (Å²) in [6.45, 7) is 8.41. The second kappa shape index (κ2) is 6.87. The fraction of sp³-hybridized carbons (Fsp3) is 0.533. The predicted molar refractivity (Wildman–Crippen MR) is 81.7 cm³/mol. The molecule has 2 rings (SSSR count). The summed E-state index contributed by atoms with van der Waals surface area (Å²) < 4.78 is 2.13. The Morgan fingerprint density at radius 2 is 2.21 bits per heavy atom. The van der Waals surface area contributed by atoms with Crippen LogP contribution in [-0.2, 0) is 19.4 Å². The Morgan fingerprint density at radius 3 is 2.79 bits per heavy atom. The van der Waals surface area contributed by atoms with Gasteiger partial charge in [0, 0.05) is 24.7 Å². The van der Waals surface area contributed by atoms with Gasteiger partial charge in [-0.1, -0.05) is 13.8 Å². The smallest absolute Gasteiger partial charge is 0.0624 e. The molecule has 0 saturated heterocycles. The molecule has 2 aromatic heterocycles. The van der Waals surface area contributed by atoms with Crippen molar-refractivity contribution in [2.24, 2.45) is 0 Å². The van der Waals surface area contributed by atoms with Crippen LogP contribution < -0.4 is 5.32 Å². The molecule has 0 aliphatic carbocycles. The molecule has 0 fully saturated rings. The zero-order chi connectivity index (χ0) is 13.7. The third-order valence-corrected chi connectivity index (χ3v) is 4.09. The summed E-state index contributed by atoms with van der Waals surface area (Å²) in [4.78, 5) is 0. The van der Waals surface area contributed by atoms with Gasteiger partial charge in [-0.3, -0.25) is 4.68 Å². The van der Waals surface area contributed by atoms with Crippen LogP contribution in [0.4, 0.5) is 0 Å². The van der Waals surface area contributed by atoms with Crippen molar-refractivity contribution in [3.63, 3.8) is 0 Å². The lowest BCUT2D eigenvalue weighted by molar-refractivity contribution is 0.517. The van der Waals surface area contributed by atoms with Gasteiger partial charge in [-0.05, 0) is 48.3 Å². The monoisotopic (exact) mass is 277 g/mol. The number of nitrogens with one attached hydrogen (secondary N) is 1. The van der Waals surface area contributed by atoms with Crippen molar-refractivity contribution in [2.75, 3.05) is 6.54 Å². The molecule has 2 heterocycles. The zero-order valence-electron chi connectivity index (χ0n) is 12.0. The molecule has 0 radical (unpaired) electrons. The number of nitrogens with zero attached hydrogens (tertiary/aromatic N) is 2. The van der Waals surface area contributed by atoms with Crippen LogP contribution in [0.15, 0.2) is 22.9 Å². The van der Waals surface area contributed by atoms with E-state index in [1.807, 2.05) is 0 Å². The Hall–Kier alpha value is -1.13. The van der Waals surface area contributed by atoms with Crippen LogP contribution in [0.5, 0.6) is 0 Å². The lowest BCUT2D eigenvalue weighted by Gasteiger charge is -2.17. The average Bonchev–Trinajstić information content (AvgIpc) is 3.07. The molecule has 104 valence electrons. The number of hydrogen-bond donors (Lipinski definition) is 1. The minimum absolute atomic E-state index is 0.392. The van der Waals surface area contributed by atoms with E-state index in [4.69, 9.17) is 0 Å². The molecule has 0 aliphatic rings. The summed E-state index contributed by atoms with van der Waals surface area (Å²) in [6.07, 6.45) is 2.01. The van der Waals surface area contributed by atoms with Crippen LogP contribution in [-0.4, -0.2) is 16.3 Å². The van der Waals surface area contributed by atoms with E-state index in [1.54, 1.807) is 11.3 Å². The van der Waals surface area contributed by atoms with E-state index < -0.39 is 0 Å². The van der Waals surface area contributed by atoms with E-state index in [2.05, 4.69) is 58.8 Å². The molecule has 1 atom stereocenters. The van der Waals surface area contributed by atoms with Gasteiger partial charge in [-0.25, -0.2) is 0 Å². The number of aryl methyl sites for hydroxylation is 2. The summed E-state index contributed by atoms with van der Waals surface area (Å²) in [6, 6.07) is 4.86. The fourth-order valence-corrected chi connectivity index (χ4v) is 3.08. The maximum atomic E-state index is 4.63. The third kappa shape index (κ3) is 3.45. The van der Waals surface area contributed by atoms with Crippen LogP contribution in [0, 0.1) is 0 Å². The number of aromatic nitrogens is 2. The first kappa shape index (κ1) is 14.3. The maximum Gasteiger partial charge on any atom is 0.0624 e. The van der Waals surface area contributed by atoms with Crippen LogP contribution in [0.2, 0.25) is 0 Å². The van der Waals surface area contributed by atoms with Gasteiger partial charge in [0.2, 0.25) is 0 Å².